The number of hydrogen-bond donors (Lipinski definition) is 2. The van der Waals surface area contributed by atoms with Gasteiger partial charge in [0.2, 0.25) is 11.8 Å². The Kier molecular flexibility index (Phi) is 12.9. The van der Waals surface area contributed by atoms with Crippen molar-refractivity contribution in [2.24, 2.45) is 11.5 Å². The van der Waals surface area contributed by atoms with Gasteiger partial charge < -0.3 is 12.9 Å². The van der Waals surface area contributed by atoms with E-state index in [-0.39, 0.29) is 42.8 Å². The van der Waals surface area contributed by atoms with Crippen molar-refractivity contribution in [2.75, 3.05) is 0 Å². The van der Waals surface area contributed by atoms with E-state index in [0.717, 1.165) is 32.1 Å². The van der Waals surface area contributed by atoms with Gasteiger partial charge in [0.25, 0.3) is 0 Å². The van der Waals surface area contributed by atoms with Crippen LogP contribution in [0.5, 0.6) is 0 Å². The second-order valence-electron chi connectivity index (χ2n) is 3.20. The van der Waals surface area contributed by atoms with E-state index in [9.17, 15) is 9.59 Å². The molecule has 0 aromatic carbocycles. The summed E-state index contributed by atoms with van der Waals surface area (Å²) in [6.07, 6.45) is 5.69. The van der Waals surface area contributed by atoms with Crippen LogP contribution in [0.1, 0.15) is 46.4 Å². The van der Waals surface area contributed by atoms with Gasteiger partial charge in [-0.1, -0.05) is 19.3 Å². The molecule has 4 nitrogen and oxygen atoms in total. The van der Waals surface area contributed by atoms with Crippen LogP contribution in [-0.2, 0) is 9.59 Å². The second-order valence-corrected chi connectivity index (χ2v) is 3.20. The molecule has 0 unspecified atom stereocenters. The van der Waals surface area contributed by atoms with Crippen LogP contribution in [0.25, 0.3) is 0 Å². The number of rotatable bonds is 8. The normalized spacial score (nSPS) is 9.14. The maximum absolute atomic E-state index is 10.3. The van der Waals surface area contributed by atoms with Crippen LogP contribution in [0.15, 0.2) is 0 Å². The molecule has 4 N–H and O–H groups in total. The van der Waals surface area contributed by atoms with Gasteiger partial charge in [-0.25, -0.2) is 0 Å². The predicted molar refractivity (Wildman–Crippen MR) is 51.8 cm³/mol. The summed E-state index contributed by atoms with van der Waals surface area (Å²) in [5.74, 6) is -0.478. The zero-order valence-electron chi connectivity index (χ0n) is 9.92. The maximum atomic E-state index is 10.3. The molecule has 0 saturated heterocycles. The maximum Gasteiger partial charge on any atom is 1.00 e. The summed E-state index contributed by atoms with van der Waals surface area (Å²) in [4.78, 5) is 20.7. The van der Waals surface area contributed by atoms with E-state index in [4.69, 9.17) is 11.5 Å². The Morgan fingerprint density at radius 2 is 1.07 bits per heavy atom. The number of nitrogens with two attached hydrogens (primary N) is 2. The summed E-state index contributed by atoms with van der Waals surface area (Å²) in [5.41, 5.74) is 9.95. The molecule has 2 amide bonds. The smallest absolute Gasteiger partial charge is 1.00 e. The largest absolute Gasteiger partial charge is 1.00 e. The number of hydrogen-bond acceptors (Lipinski definition) is 2. The zero-order valence-corrected chi connectivity index (χ0v) is 10.9. The first-order chi connectivity index (χ1) is 6.13. The summed E-state index contributed by atoms with van der Waals surface area (Å²) in [7, 11) is 0. The summed E-state index contributed by atoms with van der Waals surface area (Å²) in [5, 5.41) is 0. The first kappa shape index (κ1) is 16.4. The Balaban J connectivity index is -0.000000720. The zero-order chi connectivity index (χ0) is 10.1. The number of primary amides is 2. The molecule has 0 fully saturated rings. The van der Waals surface area contributed by atoms with Gasteiger partial charge in [-0.05, 0) is 12.8 Å². The van der Waals surface area contributed by atoms with Gasteiger partial charge in [0.1, 0.15) is 0 Å². The van der Waals surface area contributed by atoms with Crippen molar-refractivity contribution >= 4 is 11.8 Å². The molecule has 0 aliphatic rings. The van der Waals surface area contributed by atoms with Crippen molar-refractivity contribution in [3.63, 3.8) is 0 Å². The summed E-state index contributed by atoms with van der Waals surface area (Å²) in [6.45, 7) is 0. The van der Waals surface area contributed by atoms with Crippen LogP contribution in [0.3, 0.4) is 0 Å². The van der Waals surface area contributed by atoms with Crippen molar-refractivity contribution < 1.29 is 40.6 Å². The minimum atomic E-state index is -0.239. The van der Waals surface area contributed by atoms with Crippen molar-refractivity contribution in [1.29, 1.82) is 0 Å². The molecule has 0 aliphatic heterocycles. The van der Waals surface area contributed by atoms with E-state index in [1.165, 1.54) is 0 Å². The molecular weight excluding hydrogens is 191 g/mol. The Morgan fingerprint density at radius 1 is 0.786 bits per heavy atom. The molecule has 0 atom stereocenters. The van der Waals surface area contributed by atoms with Gasteiger partial charge in [-0.2, -0.15) is 0 Å². The Hall–Kier alpha value is -0.0600. The summed E-state index contributed by atoms with van der Waals surface area (Å²) < 4.78 is 0. The molecule has 0 aromatic heterocycles. The molecule has 0 aromatic rings. The van der Waals surface area contributed by atoms with E-state index in [0.29, 0.717) is 12.8 Å². The van der Waals surface area contributed by atoms with Crippen LogP contribution in [-0.4, -0.2) is 11.8 Å². The van der Waals surface area contributed by atoms with Gasteiger partial charge in [-0.3, -0.25) is 9.59 Å². The van der Waals surface area contributed by atoms with Gasteiger partial charge in [0.05, 0.1) is 0 Å². The number of unbranched alkanes of at least 4 members (excludes halogenated alkanes) is 4. The van der Waals surface area contributed by atoms with Crippen molar-refractivity contribution in [3.05, 3.63) is 0 Å². The van der Waals surface area contributed by atoms with Crippen molar-refractivity contribution in [2.45, 2.75) is 44.9 Å². The molecule has 0 radical (unpaired) electrons. The Morgan fingerprint density at radius 3 is 1.36 bits per heavy atom. The molecule has 0 bridgehead atoms. The molecule has 0 rings (SSSR count). The molecule has 0 heterocycles. The molecule has 0 saturated carbocycles. The minimum absolute atomic E-state index is 0. The average Bonchev–Trinajstić information content (AvgIpc) is 2.01. The quantitative estimate of drug-likeness (QED) is 0.352. The molecule has 78 valence electrons. The number of carbonyl (C=O) groups excluding carboxylic acids is 2. The fraction of sp³-hybridized carbons (Fsp3) is 0.778. The van der Waals surface area contributed by atoms with E-state index >= 15 is 0 Å². The Bertz CT molecular complexity index is 161. The molecule has 0 aliphatic carbocycles. The topological polar surface area (TPSA) is 86.2 Å². The van der Waals surface area contributed by atoms with Gasteiger partial charge in [0.15, 0.2) is 0 Å². The monoisotopic (exact) mass is 210 g/mol. The van der Waals surface area contributed by atoms with Crippen LogP contribution < -0.4 is 41.0 Å². The minimum Gasteiger partial charge on any atom is -1.00 e. The fourth-order valence-electron chi connectivity index (χ4n) is 1.13. The van der Waals surface area contributed by atoms with E-state index in [2.05, 4.69) is 0 Å². The summed E-state index contributed by atoms with van der Waals surface area (Å²) >= 11 is 0. The van der Waals surface area contributed by atoms with Crippen LogP contribution in [0, 0.1) is 0 Å². The fourth-order valence-corrected chi connectivity index (χ4v) is 1.13. The molecular formula is C9H19N2NaO2. The van der Waals surface area contributed by atoms with Gasteiger partial charge >= 0.3 is 29.6 Å². The Labute approximate surface area is 109 Å². The summed E-state index contributed by atoms with van der Waals surface area (Å²) in [6, 6.07) is 0. The van der Waals surface area contributed by atoms with Crippen molar-refractivity contribution in [1.82, 2.24) is 0 Å². The van der Waals surface area contributed by atoms with Crippen LogP contribution in [0.4, 0.5) is 0 Å². The number of carbonyl (C=O) groups is 2. The third-order valence-corrected chi connectivity index (χ3v) is 1.85. The van der Waals surface area contributed by atoms with Crippen LogP contribution >= 0.6 is 0 Å². The van der Waals surface area contributed by atoms with E-state index < -0.39 is 0 Å². The third-order valence-electron chi connectivity index (χ3n) is 1.85. The predicted octanol–water partition coefficient (Wildman–Crippen LogP) is -2.20. The second kappa shape index (κ2) is 11.0. The SMILES string of the molecule is NC(=O)CCCCCCCC(N)=O.[H-].[Na+]. The van der Waals surface area contributed by atoms with Crippen LogP contribution in [0.2, 0.25) is 0 Å². The number of amides is 2. The van der Waals surface area contributed by atoms with Crippen molar-refractivity contribution in [3.8, 4) is 0 Å². The standard InChI is InChI=1S/C9H18N2O2.Na.H/c10-8(12)6-4-2-1-3-5-7-9(11)13;;/h1-7H2,(H2,10,12)(H2,11,13);;/q;+1;-1. The third kappa shape index (κ3) is 14.5. The molecule has 5 heteroatoms. The first-order valence-electron chi connectivity index (χ1n) is 4.69. The van der Waals surface area contributed by atoms with E-state index in [1.807, 2.05) is 0 Å². The molecule has 14 heavy (non-hydrogen) atoms. The van der Waals surface area contributed by atoms with Gasteiger partial charge in [-0.15, -0.1) is 0 Å². The first-order valence-corrected chi connectivity index (χ1v) is 4.69. The van der Waals surface area contributed by atoms with Gasteiger partial charge in [0, 0.05) is 12.8 Å². The van der Waals surface area contributed by atoms with E-state index in [1.54, 1.807) is 0 Å². The average molecular weight is 210 g/mol. The molecule has 0 spiro atoms.